The van der Waals surface area contributed by atoms with Gasteiger partial charge in [-0.25, -0.2) is 8.78 Å². The van der Waals surface area contributed by atoms with Crippen molar-refractivity contribution < 1.29 is 18.3 Å². The van der Waals surface area contributed by atoms with Gasteiger partial charge < -0.3 is 9.47 Å². The Morgan fingerprint density at radius 1 is 0.889 bits per heavy atom. The van der Waals surface area contributed by atoms with E-state index in [1.807, 2.05) is 0 Å². The van der Waals surface area contributed by atoms with Crippen molar-refractivity contribution >= 4 is 0 Å². The molecule has 0 saturated carbocycles. The molecule has 94 valence electrons. The largest absolute Gasteiger partial charge is 0.493 e. The number of hydrogen-bond acceptors (Lipinski definition) is 2. The molecule has 0 atom stereocenters. The first-order valence-electron chi connectivity index (χ1n) is 5.33. The minimum atomic E-state index is -0.891. The SMILES string of the molecule is COc1cccc(-c2ccc(F)c(F)c2)c1OC. The molecule has 0 spiro atoms. The number of ether oxygens (including phenoxy) is 2. The van der Waals surface area contributed by atoms with E-state index in [9.17, 15) is 8.78 Å². The maximum atomic E-state index is 13.2. The zero-order valence-electron chi connectivity index (χ0n) is 10.0. The topological polar surface area (TPSA) is 18.5 Å². The van der Waals surface area contributed by atoms with E-state index in [1.165, 1.54) is 20.3 Å². The van der Waals surface area contributed by atoms with E-state index in [1.54, 1.807) is 18.2 Å². The average molecular weight is 250 g/mol. The molecule has 2 nitrogen and oxygen atoms in total. The molecular formula is C14H12F2O2. The number of benzene rings is 2. The standard InChI is InChI=1S/C14H12F2O2/c1-17-13-5-3-4-10(14(13)18-2)9-6-7-11(15)12(16)8-9/h3-8H,1-2H3. The van der Waals surface area contributed by atoms with Crippen molar-refractivity contribution in [3.05, 3.63) is 48.0 Å². The third-order valence-electron chi connectivity index (χ3n) is 2.63. The Bertz CT molecular complexity index is 568. The molecule has 0 N–H and O–H groups in total. The van der Waals surface area contributed by atoms with Gasteiger partial charge in [-0.2, -0.15) is 0 Å². The summed E-state index contributed by atoms with van der Waals surface area (Å²) in [5, 5.41) is 0. The van der Waals surface area contributed by atoms with Gasteiger partial charge in [0.15, 0.2) is 23.1 Å². The van der Waals surface area contributed by atoms with Gasteiger partial charge in [0.2, 0.25) is 0 Å². The number of methoxy groups -OCH3 is 2. The van der Waals surface area contributed by atoms with Crippen LogP contribution in [-0.4, -0.2) is 14.2 Å². The Hall–Kier alpha value is -2.10. The summed E-state index contributed by atoms with van der Waals surface area (Å²) in [4.78, 5) is 0. The maximum Gasteiger partial charge on any atom is 0.168 e. The van der Waals surface area contributed by atoms with E-state index in [0.29, 0.717) is 22.6 Å². The van der Waals surface area contributed by atoms with Crippen LogP contribution in [-0.2, 0) is 0 Å². The minimum absolute atomic E-state index is 0.492. The van der Waals surface area contributed by atoms with E-state index in [2.05, 4.69) is 0 Å². The summed E-state index contributed by atoms with van der Waals surface area (Å²) < 4.78 is 36.6. The highest BCUT2D eigenvalue weighted by Crippen LogP contribution is 2.37. The molecule has 18 heavy (non-hydrogen) atoms. The first-order chi connectivity index (χ1) is 8.67. The van der Waals surface area contributed by atoms with E-state index in [0.717, 1.165) is 12.1 Å². The Labute approximate surface area is 104 Å². The number of halogens is 2. The second-order valence-corrected chi connectivity index (χ2v) is 3.67. The van der Waals surface area contributed by atoms with Crippen LogP contribution in [0.4, 0.5) is 8.78 Å². The van der Waals surface area contributed by atoms with Crippen LogP contribution in [0.15, 0.2) is 36.4 Å². The molecule has 0 aliphatic carbocycles. The van der Waals surface area contributed by atoms with Crippen molar-refractivity contribution in [2.75, 3.05) is 14.2 Å². The molecular weight excluding hydrogens is 238 g/mol. The molecule has 4 heteroatoms. The van der Waals surface area contributed by atoms with Crippen molar-refractivity contribution in [3.63, 3.8) is 0 Å². The fourth-order valence-corrected chi connectivity index (χ4v) is 1.78. The van der Waals surface area contributed by atoms with E-state index in [4.69, 9.17) is 9.47 Å². The van der Waals surface area contributed by atoms with Gasteiger partial charge in [-0.15, -0.1) is 0 Å². The molecule has 0 saturated heterocycles. The lowest BCUT2D eigenvalue weighted by atomic mass is 10.0. The van der Waals surface area contributed by atoms with Gasteiger partial charge in [0, 0.05) is 5.56 Å². The van der Waals surface area contributed by atoms with Crippen molar-refractivity contribution in [2.24, 2.45) is 0 Å². The first-order valence-corrected chi connectivity index (χ1v) is 5.33. The van der Waals surface area contributed by atoms with E-state index in [-0.39, 0.29) is 0 Å². The zero-order chi connectivity index (χ0) is 13.1. The molecule has 0 fully saturated rings. The molecule has 2 rings (SSSR count). The van der Waals surface area contributed by atoms with E-state index < -0.39 is 11.6 Å². The first kappa shape index (κ1) is 12.4. The van der Waals surface area contributed by atoms with Gasteiger partial charge in [0.25, 0.3) is 0 Å². The summed E-state index contributed by atoms with van der Waals surface area (Å²) in [5.41, 5.74) is 1.18. The normalized spacial score (nSPS) is 10.2. The second-order valence-electron chi connectivity index (χ2n) is 3.67. The Balaban J connectivity index is 2.59. The molecule has 0 bridgehead atoms. The molecule has 2 aromatic carbocycles. The highest BCUT2D eigenvalue weighted by atomic mass is 19.2. The maximum absolute atomic E-state index is 13.2. The van der Waals surface area contributed by atoms with Crippen LogP contribution in [0.5, 0.6) is 11.5 Å². The van der Waals surface area contributed by atoms with Crippen LogP contribution in [0, 0.1) is 11.6 Å². The van der Waals surface area contributed by atoms with Crippen molar-refractivity contribution in [1.82, 2.24) is 0 Å². The third kappa shape index (κ3) is 2.14. The highest BCUT2D eigenvalue weighted by Gasteiger charge is 2.12. The zero-order valence-corrected chi connectivity index (χ0v) is 10.0. The number of hydrogen-bond donors (Lipinski definition) is 0. The fourth-order valence-electron chi connectivity index (χ4n) is 1.78. The quantitative estimate of drug-likeness (QED) is 0.827. The summed E-state index contributed by atoms with van der Waals surface area (Å²) in [7, 11) is 3.02. The lowest BCUT2D eigenvalue weighted by Crippen LogP contribution is -1.94. The van der Waals surface area contributed by atoms with Crippen LogP contribution >= 0.6 is 0 Å². The van der Waals surface area contributed by atoms with Gasteiger partial charge in [0.1, 0.15) is 0 Å². The monoisotopic (exact) mass is 250 g/mol. The predicted octanol–water partition coefficient (Wildman–Crippen LogP) is 3.65. The summed E-state index contributed by atoms with van der Waals surface area (Å²) in [6, 6.07) is 8.97. The molecule has 0 aliphatic heterocycles. The van der Waals surface area contributed by atoms with Gasteiger partial charge in [0.05, 0.1) is 14.2 Å². The molecule has 0 amide bonds. The van der Waals surface area contributed by atoms with Gasteiger partial charge in [-0.05, 0) is 23.8 Å². The summed E-state index contributed by atoms with van der Waals surface area (Å²) >= 11 is 0. The molecule has 0 unspecified atom stereocenters. The minimum Gasteiger partial charge on any atom is -0.493 e. The van der Waals surface area contributed by atoms with Crippen LogP contribution < -0.4 is 9.47 Å². The fraction of sp³-hybridized carbons (Fsp3) is 0.143. The van der Waals surface area contributed by atoms with Crippen LogP contribution in [0.1, 0.15) is 0 Å². The van der Waals surface area contributed by atoms with Crippen LogP contribution in [0.25, 0.3) is 11.1 Å². The van der Waals surface area contributed by atoms with Gasteiger partial charge in [-0.3, -0.25) is 0 Å². The van der Waals surface area contributed by atoms with Crippen LogP contribution in [0.2, 0.25) is 0 Å². The second kappa shape index (κ2) is 5.04. The van der Waals surface area contributed by atoms with Gasteiger partial charge in [-0.1, -0.05) is 18.2 Å². The summed E-state index contributed by atoms with van der Waals surface area (Å²) in [5.74, 6) is -0.733. The lowest BCUT2D eigenvalue weighted by Gasteiger charge is -2.12. The molecule has 0 aromatic heterocycles. The van der Waals surface area contributed by atoms with Crippen LogP contribution in [0.3, 0.4) is 0 Å². The number of rotatable bonds is 3. The Morgan fingerprint density at radius 2 is 1.67 bits per heavy atom. The van der Waals surface area contributed by atoms with Crippen molar-refractivity contribution in [2.45, 2.75) is 0 Å². The molecule has 0 radical (unpaired) electrons. The Kier molecular flexibility index (Phi) is 3.46. The molecule has 0 aliphatic rings. The van der Waals surface area contributed by atoms with E-state index >= 15 is 0 Å². The Morgan fingerprint density at radius 3 is 2.28 bits per heavy atom. The molecule has 2 aromatic rings. The van der Waals surface area contributed by atoms with Crippen molar-refractivity contribution in [1.29, 1.82) is 0 Å². The predicted molar refractivity (Wildman–Crippen MR) is 64.9 cm³/mol. The summed E-state index contributed by atoms with van der Waals surface area (Å²) in [6.45, 7) is 0. The van der Waals surface area contributed by atoms with Crippen molar-refractivity contribution in [3.8, 4) is 22.6 Å². The smallest absolute Gasteiger partial charge is 0.168 e. The van der Waals surface area contributed by atoms with Gasteiger partial charge >= 0.3 is 0 Å². The summed E-state index contributed by atoms with van der Waals surface area (Å²) in [6.07, 6.45) is 0. The average Bonchev–Trinajstić information content (AvgIpc) is 2.40. The lowest BCUT2D eigenvalue weighted by molar-refractivity contribution is 0.356. The third-order valence-corrected chi connectivity index (χ3v) is 2.63. The molecule has 0 heterocycles. The number of para-hydroxylation sites is 1. The highest BCUT2D eigenvalue weighted by molar-refractivity contribution is 5.73.